The average Bonchev–Trinajstić information content (AvgIpc) is 2.55. The Morgan fingerprint density at radius 1 is 1.57 bits per heavy atom. The van der Waals surface area contributed by atoms with Gasteiger partial charge in [-0.3, -0.25) is 9.80 Å². The summed E-state index contributed by atoms with van der Waals surface area (Å²) in [5.41, 5.74) is 5.06. The van der Waals surface area contributed by atoms with Crippen molar-refractivity contribution in [3.05, 3.63) is 0 Å². The first-order chi connectivity index (χ1) is 6.56. The van der Waals surface area contributed by atoms with E-state index in [1.54, 1.807) is 6.92 Å². The molecule has 2 heterocycles. The molecule has 5 heteroatoms. The lowest BCUT2D eigenvalue weighted by Gasteiger charge is -2.41. The van der Waals surface area contributed by atoms with Crippen LogP contribution in [0, 0.1) is 0 Å². The van der Waals surface area contributed by atoms with Crippen molar-refractivity contribution < 1.29 is 9.59 Å². The van der Waals surface area contributed by atoms with Gasteiger partial charge in [0.1, 0.15) is 12.3 Å². The Morgan fingerprint density at radius 2 is 2.29 bits per heavy atom. The SMILES string of the molecule is C[C@]1(N)CCN2CC[C@@H](C=O)N2C1=O. The topological polar surface area (TPSA) is 66.6 Å². The summed E-state index contributed by atoms with van der Waals surface area (Å²) in [6.45, 7) is 3.28. The first kappa shape index (κ1) is 9.61. The summed E-state index contributed by atoms with van der Waals surface area (Å²) in [7, 11) is 0. The largest absolute Gasteiger partial charge is 0.317 e. The smallest absolute Gasteiger partial charge is 0.257 e. The van der Waals surface area contributed by atoms with E-state index >= 15 is 0 Å². The zero-order valence-electron chi connectivity index (χ0n) is 8.27. The second-order valence-corrected chi connectivity index (χ2v) is 4.26. The van der Waals surface area contributed by atoms with Gasteiger partial charge in [0.05, 0.1) is 5.54 Å². The van der Waals surface area contributed by atoms with E-state index in [1.165, 1.54) is 5.01 Å². The van der Waals surface area contributed by atoms with Gasteiger partial charge in [-0.2, -0.15) is 0 Å². The Hall–Kier alpha value is -0.940. The summed E-state index contributed by atoms with van der Waals surface area (Å²) in [6.07, 6.45) is 2.22. The zero-order chi connectivity index (χ0) is 10.3. The van der Waals surface area contributed by atoms with Crippen LogP contribution in [0.2, 0.25) is 0 Å². The molecule has 0 saturated carbocycles. The normalized spacial score (nSPS) is 38.6. The van der Waals surface area contributed by atoms with Crippen molar-refractivity contribution >= 4 is 12.2 Å². The summed E-state index contributed by atoms with van der Waals surface area (Å²) < 4.78 is 0. The summed E-state index contributed by atoms with van der Waals surface area (Å²) in [5, 5.41) is 3.46. The number of amides is 1. The van der Waals surface area contributed by atoms with Crippen LogP contribution in [0.1, 0.15) is 19.8 Å². The van der Waals surface area contributed by atoms with Gasteiger partial charge in [0.15, 0.2) is 0 Å². The molecule has 5 nitrogen and oxygen atoms in total. The van der Waals surface area contributed by atoms with Crippen molar-refractivity contribution in [3.63, 3.8) is 0 Å². The van der Waals surface area contributed by atoms with E-state index in [1.807, 2.05) is 5.01 Å². The van der Waals surface area contributed by atoms with Crippen molar-refractivity contribution in [1.29, 1.82) is 0 Å². The van der Waals surface area contributed by atoms with Crippen molar-refractivity contribution in [3.8, 4) is 0 Å². The number of carbonyl (C=O) groups excluding carboxylic acids is 2. The van der Waals surface area contributed by atoms with E-state index in [2.05, 4.69) is 0 Å². The lowest BCUT2D eigenvalue weighted by atomic mass is 9.95. The van der Waals surface area contributed by atoms with Crippen LogP contribution in [0.25, 0.3) is 0 Å². The van der Waals surface area contributed by atoms with Crippen molar-refractivity contribution in [2.45, 2.75) is 31.3 Å². The first-order valence-corrected chi connectivity index (χ1v) is 4.89. The Morgan fingerprint density at radius 3 is 2.93 bits per heavy atom. The first-order valence-electron chi connectivity index (χ1n) is 4.89. The summed E-state index contributed by atoms with van der Waals surface area (Å²) in [5.74, 6) is -0.127. The summed E-state index contributed by atoms with van der Waals surface area (Å²) in [4.78, 5) is 22.7. The fourth-order valence-electron chi connectivity index (χ4n) is 2.08. The Labute approximate surface area is 82.8 Å². The number of nitrogens with zero attached hydrogens (tertiary/aromatic N) is 2. The van der Waals surface area contributed by atoms with Gasteiger partial charge in [-0.1, -0.05) is 0 Å². The molecule has 2 fully saturated rings. The minimum absolute atomic E-state index is 0.127. The van der Waals surface area contributed by atoms with E-state index in [0.29, 0.717) is 6.42 Å². The number of hydrogen-bond donors (Lipinski definition) is 1. The second-order valence-electron chi connectivity index (χ2n) is 4.26. The minimum atomic E-state index is -0.803. The molecule has 0 unspecified atom stereocenters. The highest BCUT2D eigenvalue weighted by atomic mass is 16.2. The Kier molecular flexibility index (Phi) is 2.08. The molecule has 0 aromatic rings. The van der Waals surface area contributed by atoms with Gasteiger partial charge in [-0.25, -0.2) is 5.01 Å². The number of fused-ring (bicyclic) bond motifs is 1. The van der Waals surface area contributed by atoms with E-state index < -0.39 is 5.54 Å². The maximum absolute atomic E-state index is 11.9. The standard InChI is InChI=1S/C9H15N3O2/c1-9(10)3-5-11-4-2-7(6-13)12(11)8(9)14/h6-7H,2-5,10H2,1H3/t7-,9-/m0/s1. The van der Waals surface area contributed by atoms with Gasteiger partial charge in [0.25, 0.3) is 5.91 Å². The highest BCUT2D eigenvalue weighted by Crippen LogP contribution is 2.27. The van der Waals surface area contributed by atoms with Gasteiger partial charge in [0.2, 0.25) is 0 Å². The van der Waals surface area contributed by atoms with E-state index in [-0.39, 0.29) is 11.9 Å². The molecule has 2 saturated heterocycles. The molecule has 2 rings (SSSR count). The Balaban J connectivity index is 2.25. The maximum atomic E-state index is 11.9. The van der Waals surface area contributed by atoms with Crippen molar-refractivity contribution in [2.24, 2.45) is 5.73 Å². The van der Waals surface area contributed by atoms with Crippen LogP contribution in [0.3, 0.4) is 0 Å². The molecule has 2 atom stereocenters. The fourth-order valence-corrected chi connectivity index (χ4v) is 2.08. The lowest BCUT2D eigenvalue weighted by molar-refractivity contribution is -0.162. The van der Waals surface area contributed by atoms with E-state index in [9.17, 15) is 9.59 Å². The number of rotatable bonds is 1. The third kappa shape index (κ3) is 1.24. The molecule has 0 aromatic carbocycles. The molecule has 2 aliphatic rings. The molecule has 0 bridgehead atoms. The van der Waals surface area contributed by atoms with E-state index in [0.717, 1.165) is 25.8 Å². The molecule has 78 valence electrons. The molecule has 1 amide bonds. The third-order valence-corrected chi connectivity index (χ3v) is 3.04. The molecular formula is C9H15N3O2. The predicted octanol–water partition coefficient (Wildman–Crippen LogP) is -0.876. The molecule has 0 spiro atoms. The van der Waals surface area contributed by atoms with Crippen LogP contribution < -0.4 is 5.73 Å². The zero-order valence-corrected chi connectivity index (χ0v) is 8.27. The van der Waals surface area contributed by atoms with E-state index in [4.69, 9.17) is 5.73 Å². The lowest BCUT2D eigenvalue weighted by Crippen LogP contribution is -2.63. The average molecular weight is 197 g/mol. The molecule has 0 aliphatic carbocycles. The molecule has 0 aromatic heterocycles. The number of hydrogen-bond acceptors (Lipinski definition) is 4. The minimum Gasteiger partial charge on any atom is -0.317 e. The predicted molar refractivity (Wildman–Crippen MR) is 50.1 cm³/mol. The molecule has 2 N–H and O–H groups in total. The van der Waals surface area contributed by atoms with Crippen molar-refractivity contribution in [1.82, 2.24) is 10.0 Å². The van der Waals surface area contributed by atoms with Gasteiger partial charge < -0.3 is 10.5 Å². The van der Waals surface area contributed by atoms with Crippen LogP contribution in [0.5, 0.6) is 0 Å². The highest BCUT2D eigenvalue weighted by molar-refractivity contribution is 5.88. The number of hydrazine groups is 1. The van der Waals surface area contributed by atoms with Gasteiger partial charge >= 0.3 is 0 Å². The highest BCUT2D eigenvalue weighted by Gasteiger charge is 2.46. The molecule has 0 radical (unpaired) electrons. The summed E-state index contributed by atoms with van der Waals surface area (Å²) >= 11 is 0. The molecular weight excluding hydrogens is 182 g/mol. The molecule has 14 heavy (non-hydrogen) atoms. The van der Waals surface area contributed by atoms with Crippen LogP contribution in [0.15, 0.2) is 0 Å². The van der Waals surface area contributed by atoms with Crippen LogP contribution >= 0.6 is 0 Å². The van der Waals surface area contributed by atoms with Crippen LogP contribution in [0.4, 0.5) is 0 Å². The third-order valence-electron chi connectivity index (χ3n) is 3.04. The van der Waals surface area contributed by atoms with Crippen LogP contribution in [-0.4, -0.2) is 46.9 Å². The maximum Gasteiger partial charge on any atom is 0.257 e. The van der Waals surface area contributed by atoms with Crippen molar-refractivity contribution in [2.75, 3.05) is 13.1 Å². The quantitative estimate of drug-likeness (QED) is 0.555. The fraction of sp³-hybridized carbons (Fsp3) is 0.778. The monoisotopic (exact) mass is 197 g/mol. The summed E-state index contributed by atoms with van der Waals surface area (Å²) in [6, 6.07) is -0.300. The second kappa shape index (κ2) is 3.03. The van der Waals surface area contributed by atoms with Crippen LogP contribution in [-0.2, 0) is 9.59 Å². The Bertz CT molecular complexity index is 277. The molecule has 2 aliphatic heterocycles. The number of carbonyl (C=O) groups is 2. The number of nitrogens with two attached hydrogens (primary N) is 1. The van der Waals surface area contributed by atoms with Gasteiger partial charge in [0, 0.05) is 13.1 Å². The van der Waals surface area contributed by atoms with Gasteiger partial charge in [-0.15, -0.1) is 0 Å². The number of aldehydes is 1. The van der Waals surface area contributed by atoms with Gasteiger partial charge in [-0.05, 0) is 19.8 Å².